The van der Waals surface area contributed by atoms with Crippen LogP contribution in [0.5, 0.6) is 0 Å². The summed E-state index contributed by atoms with van der Waals surface area (Å²) in [5.41, 5.74) is 2.88. The standard InChI is InChI=1S/C16H23N3/c1-11(2)9-10-12(3)17-16-13(4)18-14-7-5-6-8-15(14)19-16/h5-8,11-12H,9-10H2,1-4H3,(H,17,19). The molecular formula is C16H23N3. The Morgan fingerprint density at radius 3 is 2.26 bits per heavy atom. The van der Waals surface area contributed by atoms with Crippen molar-refractivity contribution in [3.63, 3.8) is 0 Å². The lowest BCUT2D eigenvalue weighted by atomic mass is 10.0. The monoisotopic (exact) mass is 257 g/mol. The van der Waals surface area contributed by atoms with Crippen molar-refractivity contribution in [3.8, 4) is 0 Å². The van der Waals surface area contributed by atoms with Crippen molar-refractivity contribution in [3.05, 3.63) is 30.0 Å². The Morgan fingerprint density at radius 1 is 1.00 bits per heavy atom. The van der Waals surface area contributed by atoms with Crippen LogP contribution in [0.3, 0.4) is 0 Å². The van der Waals surface area contributed by atoms with Gasteiger partial charge in [0.15, 0.2) is 0 Å². The highest BCUT2D eigenvalue weighted by Gasteiger charge is 2.08. The number of nitrogens with one attached hydrogen (secondary N) is 1. The van der Waals surface area contributed by atoms with Crippen molar-refractivity contribution < 1.29 is 0 Å². The molecule has 0 aliphatic rings. The van der Waals surface area contributed by atoms with Crippen LogP contribution < -0.4 is 5.32 Å². The van der Waals surface area contributed by atoms with Gasteiger partial charge in [0.25, 0.3) is 0 Å². The molecular weight excluding hydrogens is 234 g/mol. The molecule has 102 valence electrons. The lowest BCUT2D eigenvalue weighted by Crippen LogP contribution is -2.18. The summed E-state index contributed by atoms with van der Waals surface area (Å²) in [6.45, 7) is 8.73. The molecule has 3 nitrogen and oxygen atoms in total. The largest absolute Gasteiger partial charge is 0.366 e. The Bertz CT molecular complexity index is 549. The lowest BCUT2D eigenvalue weighted by molar-refractivity contribution is 0.527. The molecule has 3 heteroatoms. The predicted octanol–water partition coefficient (Wildman–Crippen LogP) is 4.17. The zero-order valence-electron chi connectivity index (χ0n) is 12.3. The van der Waals surface area contributed by atoms with E-state index < -0.39 is 0 Å². The SMILES string of the molecule is Cc1nc2ccccc2nc1NC(C)CCC(C)C. The van der Waals surface area contributed by atoms with Gasteiger partial charge in [0.1, 0.15) is 5.82 Å². The summed E-state index contributed by atoms with van der Waals surface area (Å²) in [5, 5.41) is 3.48. The Morgan fingerprint density at radius 2 is 1.63 bits per heavy atom. The zero-order chi connectivity index (χ0) is 13.8. The molecule has 0 saturated carbocycles. The van der Waals surface area contributed by atoms with Gasteiger partial charge >= 0.3 is 0 Å². The minimum Gasteiger partial charge on any atom is -0.366 e. The summed E-state index contributed by atoms with van der Waals surface area (Å²) in [6.07, 6.45) is 2.39. The van der Waals surface area contributed by atoms with Crippen LogP contribution in [0.2, 0.25) is 0 Å². The fraction of sp³-hybridized carbons (Fsp3) is 0.500. The van der Waals surface area contributed by atoms with E-state index in [1.165, 1.54) is 6.42 Å². The quantitative estimate of drug-likeness (QED) is 0.873. The third kappa shape index (κ3) is 3.66. The molecule has 0 aliphatic heterocycles. The molecule has 0 bridgehead atoms. The van der Waals surface area contributed by atoms with Crippen molar-refractivity contribution in [1.82, 2.24) is 9.97 Å². The molecule has 19 heavy (non-hydrogen) atoms. The topological polar surface area (TPSA) is 37.8 Å². The maximum atomic E-state index is 4.67. The molecule has 1 N–H and O–H groups in total. The highest BCUT2D eigenvalue weighted by Crippen LogP contribution is 2.18. The summed E-state index contributed by atoms with van der Waals surface area (Å²) in [5.74, 6) is 1.66. The van der Waals surface area contributed by atoms with Gasteiger partial charge in [-0.3, -0.25) is 0 Å². The van der Waals surface area contributed by atoms with Crippen LogP contribution in [0, 0.1) is 12.8 Å². The molecule has 2 aromatic rings. The van der Waals surface area contributed by atoms with Crippen LogP contribution in [-0.2, 0) is 0 Å². The molecule has 0 spiro atoms. The number of para-hydroxylation sites is 2. The van der Waals surface area contributed by atoms with Gasteiger partial charge in [0, 0.05) is 6.04 Å². The number of nitrogens with zero attached hydrogens (tertiary/aromatic N) is 2. The van der Waals surface area contributed by atoms with E-state index in [0.717, 1.165) is 34.9 Å². The van der Waals surface area contributed by atoms with E-state index in [2.05, 4.69) is 36.1 Å². The van der Waals surface area contributed by atoms with Gasteiger partial charge < -0.3 is 5.32 Å². The molecule has 1 atom stereocenters. The van der Waals surface area contributed by atoms with E-state index in [0.29, 0.717) is 6.04 Å². The summed E-state index contributed by atoms with van der Waals surface area (Å²) >= 11 is 0. The van der Waals surface area contributed by atoms with Gasteiger partial charge in [-0.25, -0.2) is 9.97 Å². The van der Waals surface area contributed by atoms with Crippen molar-refractivity contribution >= 4 is 16.9 Å². The van der Waals surface area contributed by atoms with Crippen LogP contribution >= 0.6 is 0 Å². The number of rotatable bonds is 5. The van der Waals surface area contributed by atoms with Crippen LogP contribution in [0.1, 0.15) is 39.3 Å². The first kappa shape index (κ1) is 13.8. The number of fused-ring (bicyclic) bond motifs is 1. The smallest absolute Gasteiger partial charge is 0.148 e. The first-order chi connectivity index (χ1) is 9.06. The fourth-order valence-corrected chi connectivity index (χ4v) is 2.11. The Balaban J connectivity index is 2.13. The van der Waals surface area contributed by atoms with Gasteiger partial charge in [-0.1, -0.05) is 26.0 Å². The third-order valence-corrected chi connectivity index (χ3v) is 3.30. The number of aryl methyl sites for hydroxylation is 1. The van der Waals surface area contributed by atoms with Crippen molar-refractivity contribution in [2.45, 2.75) is 46.6 Å². The Labute approximate surface area is 115 Å². The van der Waals surface area contributed by atoms with Gasteiger partial charge in [0.05, 0.1) is 16.7 Å². The van der Waals surface area contributed by atoms with Crippen LogP contribution in [0.25, 0.3) is 11.0 Å². The minimum atomic E-state index is 0.427. The van der Waals surface area contributed by atoms with E-state index >= 15 is 0 Å². The summed E-state index contributed by atoms with van der Waals surface area (Å²) in [4.78, 5) is 9.27. The van der Waals surface area contributed by atoms with Crippen molar-refractivity contribution in [2.24, 2.45) is 5.92 Å². The summed E-state index contributed by atoms with van der Waals surface area (Å²) < 4.78 is 0. The first-order valence-electron chi connectivity index (χ1n) is 7.06. The molecule has 0 saturated heterocycles. The summed E-state index contributed by atoms with van der Waals surface area (Å²) in [7, 11) is 0. The van der Waals surface area contributed by atoms with Gasteiger partial charge in [0.2, 0.25) is 0 Å². The molecule has 0 radical (unpaired) electrons. The van der Waals surface area contributed by atoms with Crippen LogP contribution in [-0.4, -0.2) is 16.0 Å². The molecule has 0 aliphatic carbocycles. The molecule has 1 aromatic heterocycles. The molecule has 1 heterocycles. The van der Waals surface area contributed by atoms with Crippen molar-refractivity contribution in [2.75, 3.05) is 5.32 Å². The Hall–Kier alpha value is -1.64. The van der Waals surface area contributed by atoms with E-state index in [1.54, 1.807) is 0 Å². The number of anilines is 1. The van der Waals surface area contributed by atoms with E-state index in [4.69, 9.17) is 0 Å². The Kier molecular flexibility index (Phi) is 4.35. The minimum absolute atomic E-state index is 0.427. The molecule has 2 rings (SSSR count). The molecule has 1 unspecified atom stereocenters. The van der Waals surface area contributed by atoms with Gasteiger partial charge in [-0.05, 0) is 44.7 Å². The highest BCUT2D eigenvalue weighted by molar-refractivity contribution is 5.76. The van der Waals surface area contributed by atoms with Gasteiger partial charge in [-0.15, -0.1) is 0 Å². The molecule has 1 aromatic carbocycles. The van der Waals surface area contributed by atoms with E-state index in [1.807, 2.05) is 31.2 Å². The van der Waals surface area contributed by atoms with Crippen molar-refractivity contribution in [1.29, 1.82) is 0 Å². The number of benzene rings is 1. The summed E-state index contributed by atoms with van der Waals surface area (Å²) in [6, 6.07) is 8.43. The highest BCUT2D eigenvalue weighted by atomic mass is 15.0. The molecule has 0 amide bonds. The van der Waals surface area contributed by atoms with Gasteiger partial charge in [-0.2, -0.15) is 0 Å². The maximum Gasteiger partial charge on any atom is 0.148 e. The average Bonchev–Trinajstić information content (AvgIpc) is 2.37. The number of aromatic nitrogens is 2. The molecule has 0 fully saturated rings. The van der Waals surface area contributed by atoms with Crippen LogP contribution in [0.15, 0.2) is 24.3 Å². The second kappa shape index (κ2) is 6.00. The van der Waals surface area contributed by atoms with Crippen LogP contribution in [0.4, 0.5) is 5.82 Å². The lowest BCUT2D eigenvalue weighted by Gasteiger charge is -2.17. The fourth-order valence-electron chi connectivity index (χ4n) is 2.11. The zero-order valence-corrected chi connectivity index (χ0v) is 12.3. The second-order valence-corrected chi connectivity index (χ2v) is 5.66. The first-order valence-corrected chi connectivity index (χ1v) is 7.06. The third-order valence-electron chi connectivity index (χ3n) is 3.30. The average molecular weight is 257 g/mol. The van der Waals surface area contributed by atoms with E-state index in [-0.39, 0.29) is 0 Å². The van der Waals surface area contributed by atoms with E-state index in [9.17, 15) is 0 Å². The predicted molar refractivity (Wildman–Crippen MR) is 81.4 cm³/mol. The second-order valence-electron chi connectivity index (χ2n) is 5.66. The number of hydrogen-bond donors (Lipinski definition) is 1. The number of hydrogen-bond acceptors (Lipinski definition) is 3. The maximum absolute atomic E-state index is 4.67. The normalized spacial score (nSPS) is 12.9.